The number of nitrogens with two attached hydrogens (primary N) is 1. The van der Waals surface area contributed by atoms with E-state index in [1.165, 1.54) is 12.1 Å². The summed E-state index contributed by atoms with van der Waals surface area (Å²) in [6, 6.07) is 7.88. The van der Waals surface area contributed by atoms with Crippen molar-refractivity contribution in [2.45, 2.75) is 0 Å². The molecule has 1 heterocycles. The predicted octanol–water partition coefficient (Wildman–Crippen LogP) is 3.25. The molecular formula is C12H9ClFN3S. The second-order valence-corrected chi connectivity index (χ2v) is 4.40. The summed E-state index contributed by atoms with van der Waals surface area (Å²) in [5.41, 5.74) is 6.70. The van der Waals surface area contributed by atoms with E-state index in [9.17, 15) is 4.39 Å². The summed E-state index contributed by atoms with van der Waals surface area (Å²) in [5, 5.41) is 3.03. The number of nitrogens with one attached hydrogen (secondary N) is 1. The Morgan fingerprint density at radius 3 is 2.67 bits per heavy atom. The van der Waals surface area contributed by atoms with Gasteiger partial charge < -0.3 is 11.1 Å². The van der Waals surface area contributed by atoms with Crippen LogP contribution in [0.1, 0.15) is 5.56 Å². The molecule has 1 aromatic heterocycles. The number of nitrogens with zero attached hydrogens (tertiary/aromatic N) is 1. The minimum atomic E-state index is -0.485. The van der Waals surface area contributed by atoms with Gasteiger partial charge in [0.05, 0.1) is 5.02 Å². The third-order valence-electron chi connectivity index (χ3n) is 2.24. The lowest BCUT2D eigenvalue weighted by molar-refractivity contribution is 0.629. The van der Waals surface area contributed by atoms with E-state index in [1.807, 2.05) is 0 Å². The lowest BCUT2D eigenvalue weighted by Crippen LogP contribution is -2.09. The standard InChI is InChI=1S/C12H9ClFN3S/c13-9-3-2-8(5-10(9)14)17-11-4-1-7(6-16-11)12(15)18/h1-6H,(H2,15,18)(H,16,17). The Hall–Kier alpha value is -1.72. The maximum Gasteiger partial charge on any atom is 0.143 e. The molecule has 0 fully saturated rings. The third-order valence-corrected chi connectivity index (χ3v) is 2.78. The highest BCUT2D eigenvalue weighted by molar-refractivity contribution is 7.80. The number of halogens is 2. The van der Waals surface area contributed by atoms with Crippen molar-refractivity contribution in [2.24, 2.45) is 5.73 Å². The van der Waals surface area contributed by atoms with Gasteiger partial charge in [-0.1, -0.05) is 23.8 Å². The summed E-state index contributed by atoms with van der Waals surface area (Å²) in [5.74, 6) is 0.0816. The highest BCUT2D eigenvalue weighted by atomic mass is 35.5. The molecule has 6 heteroatoms. The summed E-state index contributed by atoms with van der Waals surface area (Å²) in [4.78, 5) is 4.40. The van der Waals surface area contributed by atoms with Crippen LogP contribution in [0.4, 0.5) is 15.9 Å². The molecule has 0 bridgehead atoms. The maximum atomic E-state index is 13.2. The molecular weight excluding hydrogens is 273 g/mol. The molecule has 1 aromatic carbocycles. The number of hydrogen-bond donors (Lipinski definition) is 2. The second-order valence-electron chi connectivity index (χ2n) is 3.55. The van der Waals surface area contributed by atoms with Crippen LogP contribution in [0.25, 0.3) is 0 Å². The Balaban J connectivity index is 2.18. The maximum absolute atomic E-state index is 13.2. The van der Waals surface area contributed by atoms with Gasteiger partial charge in [0, 0.05) is 17.4 Å². The molecule has 0 saturated heterocycles. The van der Waals surface area contributed by atoms with Crippen LogP contribution in [0.5, 0.6) is 0 Å². The Labute approximate surface area is 114 Å². The molecule has 0 aliphatic rings. The Morgan fingerprint density at radius 2 is 2.11 bits per heavy atom. The molecule has 3 nitrogen and oxygen atoms in total. The van der Waals surface area contributed by atoms with E-state index in [0.717, 1.165) is 0 Å². The Kier molecular flexibility index (Phi) is 3.74. The van der Waals surface area contributed by atoms with Crippen LogP contribution in [0, 0.1) is 5.82 Å². The van der Waals surface area contributed by atoms with E-state index in [1.54, 1.807) is 24.4 Å². The molecule has 0 atom stereocenters. The average molecular weight is 282 g/mol. The van der Waals surface area contributed by atoms with Crippen LogP contribution in [0.15, 0.2) is 36.5 Å². The fourth-order valence-electron chi connectivity index (χ4n) is 1.34. The summed E-state index contributed by atoms with van der Waals surface area (Å²) in [6.07, 6.45) is 1.55. The highest BCUT2D eigenvalue weighted by Gasteiger charge is 2.02. The Bertz CT molecular complexity index is 586. The molecule has 0 aliphatic carbocycles. The van der Waals surface area contributed by atoms with Gasteiger partial charge >= 0.3 is 0 Å². The monoisotopic (exact) mass is 281 g/mol. The molecule has 0 saturated carbocycles. The minimum absolute atomic E-state index is 0.0809. The van der Waals surface area contributed by atoms with Gasteiger partial charge in [0.2, 0.25) is 0 Å². The van der Waals surface area contributed by atoms with Crippen molar-refractivity contribution in [3.05, 3.63) is 52.9 Å². The number of anilines is 2. The number of aromatic nitrogens is 1. The first-order valence-corrected chi connectivity index (χ1v) is 5.83. The van der Waals surface area contributed by atoms with Gasteiger partial charge in [0.25, 0.3) is 0 Å². The van der Waals surface area contributed by atoms with Gasteiger partial charge in [-0.05, 0) is 30.3 Å². The van der Waals surface area contributed by atoms with Crippen LogP contribution in [-0.4, -0.2) is 9.97 Å². The number of pyridine rings is 1. The van der Waals surface area contributed by atoms with E-state index < -0.39 is 5.82 Å². The topological polar surface area (TPSA) is 50.9 Å². The third kappa shape index (κ3) is 2.94. The highest BCUT2D eigenvalue weighted by Crippen LogP contribution is 2.21. The molecule has 2 aromatic rings. The second kappa shape index (κ2) is 5.29. The van der Waals surface area contributed by atoms with Crippen molar-refractivity contribution >= 4 is 40.3 Å². The van der Waals surface area contributed by atoms with Crippen molar-refractivity contribution in [2.75, 3.05) is 5.32 Å². The molecule has 3 N–H and O–H groups in total. The van der Waals surface area contributed by atoms with Gasteiger partial charge in [0.1, 0.15) is 16.6 Å². The largest absolute Gasteiger partial charge is 0.389 e. The van der Waals surface area contributed by atoms with Crippen molar-refractivity contribution in [1.82, 2.24) is 4.98 Å². The zero-order chi connectivity index (χ0) is 13.1. The van der Waals surface area contributed by atoms with Crippen LogP contribution in [0.2, 0.25) is 5.02 Å². The van der Waals surface area contributed by atoms with Crippen molar-refractivity contribution < 1.29 is 4.39 Å². The molecule has 0 aliphatic heterocycles. The molecule has 2 rings (SSSR count). The first-order chi connectivity index (χ1) is 8.56. The summed E-state index contributed by atoms with van der Waals surface area (Å²) in [7, 11) is 0. The van der Waals surface area contributed by atoms with Gasteiger partial charge in [-0.15, -0.1) is 0 Å². The SMILES string of the molecule is NC(=S)c1ccc(Nc2ccc(Cl)c(F)c2)nc1. The summed E-state index contributed by atoms with van der Waals surface area (Å²) in [6.45, 7) is 0. The van der Waals surface area contributed by atoms with Gasteiger partial charge in [-0.25, -0.2) is 9.37 Å². The van der Waals surface area contributed by atoms with Gasteiger partial charge in [-0.2, -0.15) is 0 Å². The molecule has 18 heavy (non-hydrogen) atoms. The normalized spacial score (nSPS) is 10.1. The van der Waals surface area contributed by atoms with Crippen molar-refractivity contribution in [1.29, 1.82) is 0 Å². The molecule has 0 radical (unpaired) electrons. The molecule has 0 amide bonds. The van der Waals surface area contributed by atoms with Crippen LogP contribution < -0.4 is 11.1 Å². The fraction of sp³-hybridized carbons (Fsp3) is 0. The number of rotatable bonds is 3. The van der Waals surface area contributed by atoms with Crippen LogP contribution in [-0.2, 0) is 0 Å². The zero-order valence-corrected chi connectivity index (χ0v) is 10.7. The van der Waals surface area contributed by atoms with E-state index in [-0.39, 0.29) is 10.0 Å². The van der Waals surface area contributed by atoms with E-state index in [4.69, 9.17) is 29.6 Å². The first kappa shape index (κ1) is 12.7. The summed E-state index contributed by atoms with van der Waals surface area (Å²) >= 11 is 10.4. The predicted molar refractivity (Wildman–Crippen MR) is 74.8 cm³/mol. The molecule has 92 valence electrons. The number of thiocarbonyl (C=S) groups is 1. The van der Waals surface area contributed by atoms with E-state index >= 15 is 0 Å². The van der Waals surface area contributed by atoms with E-state index in [0.29, 0.717) is 17.1 Å². The lowest BCUT2D eigenvalue weighted by Gasteiger charge is -2.06. The number of benzene rings is 1. The minimum Gasteiger partial charge on any atom is -0.389 e. The quantitative estimate of drug-likeness (QED) is 0.848. The number of hydrogen-bond acceptors (Lipinski definition) is 3. The van der Waals surface area contributed by atoms with Crippen LogP contribution in [0.3, 0.4) is 0 Å². The van der Waals surface area contributed by atoms with Crippen molar-refractivity contribution in [3.8, 4) is 0 Å². The Morgan fingerprint density at radius 1 is 1.33 bits per heavy atom. The average Bonchev–Trinajstić information content (AvgIpc) is 2.34. The van der Waals surface area contributed by atoms with E-state index in [2.05, 4.69) is 10.3 Å². The molecule has 0 spiro atoms. The smallest absolute Gasteiger partial charge is 0.143 e. The molecule has 0 unspecified atom stereocenters. The van der Waals surface area contributed by atoms with Gasteiger partial charge in [-0.3, -0.25) is 0 Å². The van der Waals surface area contributed by atoms with Crippen molar-refractivity contribution in [3.63, 3.8) is 0 Å². The summed E-state index contributed by atoms with van der Waals surface area (Å²) < 4.78 is 13.2. The van der Waals surface area contributed by atoms with Crippen LogP contribution >= 0.6 is 23.8 Å². The first-order valence-electron chi connectivity index (χ1n) is 5.04. The zero-order valence-electron chi connectivity index (χ0n) is 9.15. The fourth-order valence-corrected chi connectivity index (χ4v) is 1.57. The van der Waals surface area contributed by atoms with Gasteiger partial charge in [0.15, 0.2) is 0 Å². The lowest BCUT2D eigenvalue weighted by atomic mass is 10.2.